The Morgan fingerprint density at radius 2 is 2.09 bits per heavy atom. The topological polar surface area (TPSA) is 47.6 Å². The van der Waals surface area contributed by atoms with Crippen molar-refractivity contribution in [2.45, 2.75) is 25.7 Å². The van der Waals surface area contributed by atoms with E-state index in [9.17, 15) is 0 Å². The number of hydrogen-bond acceptors (Lipinski definition) is 2. The summed E-state index contributed by atoms with van der Waals surface area (Å²) in [7, 11) is 0. The van der Waals surface area contributed by atoms with Crippen LogP contribution in [0, 0.1) is 40.9 Å². The summed E-state index contributed by atoms with van der Waals surface area (Å²) in [5, 5.41) is 16.8. The van der Waals surface area contributed by atoms with Gasteiger partial charge in [-0.1, -0.05) is 0 Å². The number of hydrogen-bond donors (Lipinski definition) is 0. The SMILES string of the molecule is C#CCCCC(C#N)CC#N. The smallest absolute Gasteiger partial charge is 0.0666 e. The Morgan fingerprint density at radius 3 is 2.55 bits per heavy atom. The second kappa shape index (κ2) is 6.66. The molecule has 0 radical (unpaired) electrons. The number of terminal acetylenes is 1. The minimum absolute atomic E-state index is 0.131. The van der Waals surface area contributed by atoms with Crippen LogP contribution in [0.15, 0.2) is 0 Å². The third kappa shape index (κ3) is 5.01. The maximum absolute atomic E-state index is 8.50. The van der Waals surface area contributed by atoms with E-state index < -0.39 is 0 Å². The standard InChI is InChI=1S/C9H10N2/c1-2-3-4-5-9(8-11)6-7-10/h1,9H,3-6H2. The van der Waals surface area contributed by atoms with Crippen molar-refractivity contribution in [2.75, 3.05) is 0 Å². The third-order valence-corrected chi connectivity index (χ3v) is 1.39. The van der Waals surface area contributed by atoms with E-state index in [0.29, 0.717) is 12.8 Å². The molecule has 0 aromatic carbocycles. The van der Waals surface area contributed by atoms with Gasteiger partial charge in [-0.25, -0.2) is 0 Å². The Hall–Kier alpha value is -1.46. The van der Waals surface area contributed by atoms with Crippen molar-refractivity contribution in [3.63, 3.8) is 0 Å². The highest BCUT2D eigenvalue weighted by molar-refractivity contribution is 4.91. The van der Waals surface area contributed by atoms with E-state index in [1.54, 1.807) is 0 Å². The highest BCUT2D eigenvalue weighted by Crippen LogP contribution is 2.10. The first kappa shape index (κ1) is 9.54. The molecule has 2 heteroatoms. The molecule has 0 aliphatic heterocycles. The summed E-state index contributed by atoms with van der Waals surface area (Å²) in [5.41, 5.74) is 0. The first-order valence-corrected chi connectivity index (χ1v) is 3.55. The molecule has 0 amide bonds. The molecule has 0 aromatic heterocycles. The molecule has 0 saturated heterocycles. The van der Waals surface area contributed by atoms with Gasteiger partial charge in [0.15, 0.2) is 0 Å². The number of unbranched alkanes of at least 4 members (excludes halogenated alkanes) is 1. The van der Waals surface area contributed by atoms with Crippen LogP contribution in [0.5, 0.6) is 0 Å². The van der Waals surface area contributed by atoms with E-state index in [2.05, 4.69) is 12.0 Å². The molecule has 0 aliphatic rings. The van der Waals surface area contributed by atoms with Gasteiger partial charge in [0.05, 0.1) is 24.5 Å². The quantitative estimate of drug-likeness (QED) is 0.448. The van der Waals surface area contributed by atoms with Gasteiger partial charge in [-0.15, -0.1) is 12.3 Å². The largest absolute Gasteiger partial charge is 0.198 e. The number of rotatable bonds is 4. The highest BCUT2D eigenvalue weighted by Gasteiger charge is 2.04. The summed E-state index contributed by atoms with van der Waals surface area (Å²) >= 11 is 0. The lowest BCUT2D eigenvalue weighted by Crippen LogP contribution is -1.94. The molecule has 0 spiro atoms. The van der Waals surface area contributed by atoms with Gasteiger partial charge in [0.2, 0.25) is 0 Å². The number of nitrogens with zero attached hydrogens (tertiary/aromatic N) is 2. The summed E-state index contributed by atoms with van der Waals surface area (Å²) in [6.07, 6.45) is 7.64. The van der Waals surface area contributed by atoms with Crippen molar-refractivity contribution in [2.24, 2.45) is 5.92 Å². The molecule has 11 heavy (non-hydrogen) atoms. The predicted octanol–water partition coefficient (Wildman–Crippen LogP) is 1.84. The molecule has 0 bridgehead atoms. The van der Waals surface area contributed by atoms with Crippen LogP contribution >= 0.6 is 0 Å². The van der Waals surface area contributed by atoms with Crippen LogP contribution in [-0.4, -0.2) is 0 Å². The summed E-state index contributed by atoms with van der Waals surface area (Å²) in [6, 6.07) is 4.04. The maximum atomic E-state index is 8.50. The normalized spacial score (nSPS) is 10.6. The second-order valence-corrected chi connectivity index (χ2v) is 2.28. The van der Waals surface area contributed by atoms with E-state index in [-0.39, 0.29) is 5.92 Å². The zero-order valence-corrected chi connectivity index (χ0v) is 6.38. The zero-order chi connectivity index (χ0) is 8.53. The summed E-state index contributed by atoms with van der Waals surface area (Å²) in [6.45, 7) is 0. The van der Waals surface area contributed by atoms with E-state index in [4.69, 9.17) is 16.9 Å². The molecule has 0 N–H and O–H groups in total. The average molecular weight is 146 g/mol. The lowest BCUT2D eigenvalue weighted by molar-refractivity contribution is 0.590. The van der Waals surface area contributed by atoms with Crippen molar-refractivity contribution >= 4 is 0 Å². The lowest BCUT2D eigenvalue weighted by atomic mass is 10.0. The van der Waals surface area contributed by atoms with Crippen LogP contribution in [0.25, 0.3) is 0 Å². The van der Waals surface area contributed by atoms with Crippen LogP contribution in [0.1, 0.15) is 25.7 Å². The number of nitriles is 2. The van der Waals surface area contributed by atoms with Crippen LogP contribution in [0.4, 0.5) is 0 Å². The van der Waals surface area contributed by atoms with Gasteiger partial charge < -0.3 is 0 Å². The Kier molecular flexibility index (Phi) is 5.77. The fourth-order valence-corrected chi connectivity index (χ4v) is 0.773. The lowest BCUT2D eigenvalue weighted by Gasteiger charge is -1.99. The van der Waals surface area contributed by atoms with Crippen LogP contribution in [0.2, 0.25) is 0 Å². The molecule has 0 rings (SSSR count). The van der Waals surface area contributed by atoms with Crippen LogP contribution in [0.3, 0.4) is 0 Å². The molecular formula is C9H10N2. The molecule has 2 nitrogen and oxygen atoms in total. The predicted molar refractivity (Wildman–Crippen MR) is 42.0 cm³/mol. The van der Waals surface area contributed by atoms with E-state index in [1.165, 1.54) is 0 Å². The Balaban J connectivity index is 3.50. The third-order valence-electron chi connectivity index (χ3n) is 1.39. The van der Waals surface area contributed by atoms with Gasteiger partial charge in [0, 0.05) is 6.42 Å². The summed E-state index contributed by atoms with van der Waals surface area (Å²) < 4.78 is 0. The molecule has 56 valence electrons. The van der Waals surface area contributed by atoms with Crippen molar-refractivity contribution in [3.05, 3.63) is 0 Å². The highest BCUT2D eigenvalue weighted by atomic mass is 14.3. The minimum Gasteiger partial charge on any atom is -0.198 e. The van der Waals surface area contributed by atoms with E-state index in [1.807, 2.05) is 6.07 Å². The molecule has 1 atom stereocenters. The van der Waals surface area contributed by atoms with Crippen molar-refractivity contribution in [1.82, 2.24) is 0 Å². The Morgan fingerprint density at radius 1 is 1.36 bits per heavy atom. The molecule has 0 aliphatic carbocycles. The fourth-order valence-electron chi connectivity index (χ4n) is 0.773. The second-order valence-electron chi connectivity index (χ2n) is 2.28. The van der Waals surface area contributed by atoms with E-state index >= 15 is 0 Å². The first-order chi connectivity index (χ1) is 5.35. The summed E-state index contributed by atoms with van der Waals surface area (Å²) in [4.78, 5) is 0. The minimum atomic E-state index is -0.131. The molecule has 1 unspecified atom stereocenters. The zero-order valence-electron chi connectivity index (χ0n) is 6.38. The molecule has 0 aromatic rings. The van der Waals surface area contributed by atoms with E-state index in [0.717, 1.165) is 12.8 Å². The van der Waals surface area contributed by atoms with Gasteiger partial charge in [-0.05, 0) is 12.8 Å². The molecule has 0 saturated carbocycles. The maximum Gasteiger partial charge on any atom is 0.0666 e. The van der Waals surface area contributed by atoms with Crippen LogP contribution in [-0.2, 0) is 0 Å². The van der Waals surface area contributed by atoms with Gasteiger partial charge >= 0.3 is 0 Å². The van der Waals surface area contributed by atoms with Gasteiger partial charge in [-0.3, -0.25) is 0 Å². The molecular weight excluding hydrogens is 136 g/mol. The monoisotopic (exact) mass is 146 g/mol. The molecule has 0 heterocycles. The fraction of sp³-hybridized carbons (Fsp3) is 0.556. The Bertz CT molecular complexity index is 211. The van der Waals surface area contributed by atoms with Gasteiger partial charge in [0.25, 0.3) is 0 Å². The Labute approximate surface area is 67.4 Å². The molecule has 0 fully saturated rings. The van der Waals surface area contributed by atoms with Crippen molar-refractivity contribution in [1.29, 1.82) is 10.5 Å². The summed E-state index contributed by atoms with van der Waals surface area (Å²) in [5.74, 6) is 2.37. The van der Waals surface area contributed by atoms with Crippen molar-refractivity contribution < 1.29 is 0 Å². The van der Waals surface area contributed by atoms with Gasteiger partial charge in [-0.2, -0.15) is 10.5 Å². The van der Waals surface area contributed by atoms with Crippen LogP contribution < -0.4 is 0 Å². The van der Waals surface area contributed by atoms with Gasteiger partial charge in [0.1, 0.15) is 0 Å². The van der Waals surface area contributed by atoms with Crippen molar-refractivity contribution in [3.8, 4) is 24.5 Å². The average Bonchev–Trinajstić information content (AvgIpc) is 2.03. The first-order valence-electron chi connectivity index (χ1n) is 3.55.